The van der Waals surface area contributed by atoms with Gasteiger partial charge in [-0.15, -0.1) is 0 Å². The number of hydrogen-bond donors (Lipinski definition) is 1. The third kappa shape index (κ3) is 8.11. The van der Waals surface area contributed by atoms with Crippen molar-refractivity contribution < 1.29 is 14.3 Å². The smallest absolute Gasteiger partial charge is 0.280 e. The number of nitrogens with one attached hydrogen (secondary N) is 1. The van der Waals surface area contributed by atoms with Gasteiger partial charge < -0.3 is 9.47 Å². The lowest BCUT2D eigenvalue weighted by molar-refractivity contribution is -0.127. The maximum Gasteiger partial charge on any atom is 0.280 e. The van der Waals surface area contributed by atoms with Crippen LogP contribution in [0, 0.1) is 0 Å². The van der Waals surface area contributed by atoms with Gasteiger partial charge in [-0.2, -0.15) is 5.10 Å². The zero-order chi connectivity index (χ0) is 23.3. The van der Waals surface area contributed by atoms with E-state index in [2.05, 4.69) is 29.6 Å². The quantitative estimate of drug-likeness (QED) is 0.205. The van der Waals surface area contributed by atoms with Crippen LogP contribution in [-0.2, 0) is 4.79 Å². The molecule has 0 aromatic heterocycles. The van der Waals surface area contributed by atoms with Crippen molar-refractivity contribution in [3.8, 4) is 22.6 Å². The molecule has 3 rings (SSSR count). The molecule has 0 aliphatic carbocycles. The molecule has 1 atom stereocenters. The number of benzene rings is 3. The van der Waals surface area contributed by atoms with Crippen LogP contribution in [-0.4, -0.2) is 24.8 Å². The Bertz CT molecular complexity index is 1000. The van der Waals surface area contributed by atoms with Crippen LogP contribution in [0.2, 0.25) is 0 Å². The van der Waals surface area contributed by atoms with Crippen LogP contribution < -0.4 is 14.9 Å². The first-order valence-electron chi connectivity index (χ1n) is 11.5. The van der Waals surface area contributed by atoms with E-state index < -0.39 is 6.10 Å². The molecule has 0 saturated carbocycles. The summed E-state index contributed by atoms with van der Waals surface area (Å²) >= 11 is 0. The van der Waals surface area contributed by atoms with Crippen molar-refractivity contribution in [1.29, 1.82) is 0 Å². The van der Waals surface area contributed by atoms with Gasteiger partial charge in [-0.3, -0.25) is 4.79 Å². The van der Waals surface area contributed by atoms with Crippen LogP contribution in [0.25, 0.3) is 11.1 Å². The third-order valence-electron chi connectivity index (χ3n) is 5.18. The summed E-state index contributed by atoms with van der Waals surface area (Å²) in [5, 5.41) is 4.04. The summed E-state index contributed by atoms with van der Waals surface area (Å²) in [5.74, 6) is 1.16. The molecule has 33 heavy (non-hydrogen) atoms. The summed E-state index contributed by atoms with van der Waals surface area (Å²) < 4.78 is 11.5. The average molecular weight is 445 g/mol. The summed E-state index contributed by atoms with van der Waals surface area (Å²) in [4.78, 5) is 12.3. The van der Waals surface area contributed by atoms with Crippen LogP contribution in [0.15, 0.2) is 84.0 Å². The Morgan fingerprint density at radius 3 is 2.24 bits per heavy atom. The van der Waals surface area contributed by atoms with Gasteiger partial charge in [0, 0.05) is 0 Å². The maximum atomic E-state index is 12.3. The van der Waals surface area contributed by atoms with Crippen LogP contribution in [0.5, 0.6) is 11.5 Å². The number of hydrazone groups is 1. The molecule has 0 saturated heterocycles. The second kappa shape index (κ2) is 13.1. The van der Waals surface area contributed by atoms with Crippen molar-refractivity contribution >= 4 is 12.1 Å². The zero-order valence-electron chi connectivity index (χ0n) is 19.4. The van der Waals surface area contributed by atoms with Crippen molar-refractivity contribution in [2.75, 3.05) is 6.61 Å². The van der Waals surface area contributed by atoms with Crippen LogP contribution >= 0.6 is 0 Å². The molecular weight excluding hydrogens is 412 g/mol. The van der Waals surface area contributed by atoms with E-state index in [0.717, 1.165) is 35.5 Å². The first kappa shape index (κ1) is 24.1. The molecule has 0 fully saturated rings. The summed E-state index contributed by atoms with van der Waals surface area (Å²) in [6.07, 6.45) is 5.66. The second-order valence-electron chi connectivity index (χ2n) is 7.86. The first-order valence-corrected chi connectivity index (χ1v) is 11.5. The summed E-state index contributed by atoms with van der Waals surface area (Å²) in [5.41, 5.74) is 5.63. The minimum atomic E-state index is -0.673. The standard InChI is InChI=1S/C28H32N2O3/c1-3-4-5-9-20-32-26-16-12-23(13-17-26)21-29-30-28(31)22(2)33-27-18-14-25(15-19-27)24-10-7-6-8-11-24/h6-8,10-19,21-22H,3-5,9,20H2,1-2H3,(H,30,31)/b29-21-/t22-/m1/s1. The molecular formula is C28H32N2O3. The van der Waals surface area contributed by atoms with Crippen molar-refractivity contribution in [2.45, 2.75) is 45.6 Å². The highest BCUT2D eigenvalue weighted by Gasteiger charge is 2.14. The third-order valence-corrected chi connectivity index (χ3v) is 5.18. The molecule has 172 valence electrons. The van der Waals surface area contributed by atoms with Crippen molar-refractivity contribution in [1.82, 2.24) is 5.43 Å². The van der Waals surface area contributed by atoms with E-state index in [0.29, 0.717) is 5.75 Å². The van der Waals surface area contributed by atoms with E-state index in [1.165, 1.54) is 19.3 Å². The lowest BCUT2D eigenvalue weighted by atomic mass is 10.1. The molecule has 3 aromatic rings. The number of rotatable bonds is 12. The van der Waals surface area contributed by atoms with Gasteiger partial charge in [-0.1, -0.05) is 68.7 Å². The van der Waals surface area contributed by atoms with Crippen LogP contribution in [0.3, 0.4) is 0 Å². The van der Waals surface area contributed by atoms with Crippen molar-refractivity contribution in [3.05, 3.63) is 84.4 Å². The van der Waals surface area contributed by atoms with Crippen molar-refractivity contribution in [2.24, 2.45) is 5.10 Å². The number of carbonyl (C=O) groups is 1. The van der Waals surface area contributed by atoms with E-state index >= 15 is 0 Å². The Balaban J connectivity index is 1.42. The topological polar surface area (TPSA) is 59.9 Å². The number of nitrogens with zero attached hydrogens (tertiary/aromatic N) is 1. The van der Waals surface area contributed by atoms with Gasteiger partial charge in [0.25, 0.3) is 5.91 Å². The highest BCUT2D eigenvalue weighted by Crippen LogP contribution is 2.22. The molecule has 0 aliphatic heterocycles. The van der Waals surface area contributed by atoms with Gasteiger partial charge >= 0.3 is 0 Å². The number of carbonyl (C=O) groups excluding carboxylic acids is 1. The van der Waals surface area contributed by atoms with E-state index in [4.69, 9.17) is 9.47 Å². The molecule has 5 nitrogen and oxygen atoms in total. The lowest BCUT2D eigenvalue weighted by Gasteiger charge is -2.13. The molecule has 0 radical (unpaired) electrons. The van der Waals surface area contributed by atoms with Gasteiger partial charge in [-0.05, 0) is 66.4 Å². The number of hydrogen-bond acceptors (Lipinski definition) is 4. The Labute approximate surface area is 196 Å². The maximum absolute atomic E-state index is 12.3. The lowest BCUT2D eigenvalue weighted by Crippen LogP contribution is -2.33. The summed E-state index contributed by atoms with van der Waals surface area (Å²) in [6, 6.07) is 25.4. The minimum Gasteiger partial charge on any atom is -0.494 e. The minimum absolute atomic E-state index is 0.314. The second-order valence-corrected chi connectivity index (χ2v) is 7.86. The Morgan fingerprint density at radius 1 is 0.879 bits per heavy atom. The molecule has 0 spiro atoms. The van der Waals surface area contributed by atoms with E-state index in [1.807, 2.05) is 66.7 Å². The molecule has 5 heteroatoms. The van der Waals surface area contributed by atoms with E-state index in [-0.39, 0.29) is 5.91 Å². The molecule has 1 N–H and O–H groups in total. The first-order chi connectivity index (χ1) is 16.2. The average Bonchev–Trinajstić information content (AvgIpc) is 2.85. The zero-order valence-corrected chi connectivity index (χ0v) is 19.4. The highest BCUT2D eigenvalue weighted by molar-refractivity contribution is 5.84. The summed E-state index contributed by atoms with van der Waals surface area (Å²) in [7, 11) is 0. The molecule has 0 bridgehead atoms. The Kier molecular flexibility index (Phi) is 9.52. The fourth-order valence-corrected chi connectivity index (χ4v) is 3.24. The Morgan fingerprint density at radius 2 is 1.55 bits per heavy atom. The predicted molar refractivity (Wildman–Crippen MR) is 134 cm³/mol. The van der Waals surface area contributed by atoms with Gasteiger partial charge in [0.1, 0.15) is 11.5 Å². The monoisotopic (exact) mass is 444 g/mol. The highest BCUT2D eigenvalue weighted by atomic mass is 16.5. The molecule has 0 unspecified atom stereocenters. The van der Waals surface area contributed by atoms with Gasteiger partial charge in [0.2, 0.25) is 0 Å². The van der Waals surface area contributed by atoms with E-state index in [1.54, 1.807) is 13.1 Å². The fraction of sp³-hybridized carbons (Fsp3) is 0.286. The number of unbranched alkanes of at least 4 members (excludes halogenated alkanes) is 3. The van der Waals surface area contributed by atoms with E-state index in [9.17, 15) is 4.79 Å². The van der Waals surface area contributed by atoms with Crippen LogP contribution in [0.1, 0.15) is 45.1 Å². The molecule has 0 heterocycles. The largest absolute Gasteiger partial charge is 0.494 e. The summed E-state index contributed by atoms with van der Waals surface area (Å²) in [6.45, 7) is 4.63. The van der Waals surface area contributed by atoms with Gasteiger partial charge in [0.15, 0.2) is 6.10 Å². The van der Waals surface area contributed by atoms with Crippen LogP contribution in [0.4, 0.5) is 0 Å². The SMILES string of the molecule is CCCCCCOc1ccc(/C=N\NC(=O)[C@@H](C)Oc2ccc(-c3ccccc3)cc2)cc1. The molecule has 1 amide bonds. The van der Waals surface area contributed by atoms with Crippen molar-refractivity contribution in [3.63, 3.8) is 0 Å². The normalized spacial score (nSPS) is 11.8. The fourth-order valence-electron chi connectivity index (χ4n) is 3.24. The van der Waals surface area contributed by atoms with Gasteiger partial charge in [-0.25, -0.2) is 5.43 Å². The van der Waals surface area contributed by atoms with Gasteiger partial charge in [0.05, 0.1) is 12.8 Å². The number of ether oxygens (including phenoxy) is 2. The Hall–Kier alpha value is -3.60. The number of amides is 1. The predicted octanol–water partition coefficient (Wildman–Crippen LogP) is 6.23. The molecule has 3 aromatic carbocycles. The molecule has 0 aliphatic rings.